The number of aryl methyl sites for hydroxylation is 4. The molecule has 1 aromatic heterocycles. The van der Waals surface area contributed by atoms with Gasteiger partial charge in [0.15, 0.2) is 0 Å². The van der Waals surface area contributed by atoms with E-state index in [2.05, 4.69) is 15.7 Å². The number of nitrogens with one attached hydrogen (secondary N) is 2. The number of hydrogen-bond acceptors (Lipinski definition) is 3. The zero-order valence-electron chi connectivity index (χ0n) is 17.3. The Morgan fingerprint density at radius 2 is 1.90 bits per heavy atom. The summed E-state index contributed by atoms with van der Waals surface area (Å²) in [5, 5.41) is 10.1. The summed E-state index contributed by atoms with van der Waals surface area (Å²) in [7, 11) is 1.74. The molecule has 0 saturated carbocycles. The molecule has 154 valence electrons. The predicted octanol–water partition coefficient (Wildman–Crippen LogP) is 3.37. The number of amides is 2. The van der Waals surface area contributed by atoms with Crippen LogP contribution in [0.2, 0.25) is 0 Å². The molecular weight excluding hydrogens is 383 g/mol. The highest BCUT2D eigenvalue weighted by Crippen LogP contribution is 2.39. The SMILES string of the molecule is Cc1ccc(C(=O)N[C@@H]2C(=O)Nc3c(c(C)nn3C)[C@H]2c2cccc(F)c2)cc1C. The van der Waals surface area contributed by atoms with E-state index in [0.29, 0.717) is 22.6 Å². The first-order chi connectivity index (χ1) is 14.3. The smallest absolute Gasteiger partial charge is 0.251 e. The second-order valence-corrected chi connectivity index (χ2v) is 7.74. The van der Waals surface area contributed by atoms with Crippen molar-refractivity contribution in [3.63, 3.8) is 0 Å². The van der Waals surface area contributed by atoms with Crippen LogP contribution in [-0.4, -0.2) is 27.6 Å². The van der Waals surface area contributed by atoms with Gasteiger partial charge in [0.25, 0.3) is 5.91 Å². The lowest BCUT2D eigenvalue weighted by Crippen LogP contribution is -2.50. The van der Waals surface area contributed by atoms with Crippen LogP contribution in [0.1, 0.15) is 44.2 Å². The number of carbonyl (C=O) groups excluding carboxylic acids is 2. The minimum Gasteiger partial charge on any atom is -0.339 e. The van der Waals surface area contributed by atoms with Crippen LogP contribution in [0.5, 0.6) is 0 Å². The van der Waals surface area contributed by atoms with E-state index in [-0.39, 0.29) is 11.8 Å². The Morgan fingerprint density at radius 3 is 2.60 bits per heavy atom. The number of anilines is 1. The van der Waals surface area contributed by atoms with Gasteiger partial charge in [0.05, 0.1) is 5.69 Å². The summed E-state index contributed by atoms with van der Waals surface area (Å²) >= 11 is 0. The Balaban J connectivity index is 1.78. The molecule has 2 atom stereocenters. The minimum absolute atomic E-state index is 0.357. The van der Waals surface area contributed by atoms with Crippen LogP contribution in [-0.2, 0) is 11.8 Å². The van der Waals surface area contributed by atoms with Crippen molar-refractivity contribution in [1.29, 1.82) is 0 Å². The van der Waals surface area contributed by atoms with Crippen LogP contribution in [0.3, 0.4) is 0 Å². The summed E-state index contributed by atoms with van der Waals surface area (Å²) in [5.74, 6) is -1.13. The van der Waals surface area contributed by atoms with E-state index in [1.807, 2.05) is 26.8 Å². The average Bonchev–Trinajstić information content (AvgIpc) is 2.97. The molecule has 2 amide bonds. The monoisotopic (exact) mass is 406 g/mol. The van der Waals surface area contributed by atoms with Gasteiger partial charge in [0, 0.05) is 24.1 Å². The first-order valence-electron chi connectivity index (χ1n) is 9.74. The third kappa shape index (κ3) is 3.36. The number of fused-ring (bicyclic) bond motifs is 1. The van der Waals surface area contributed by atoms with Crippen LogP contribution < -0.4 is 10.6 Å². The predicted molar refractivity (Wildman–Crippen MR) is 112 cm³/mol. The van der Waals surface area contributed by atoms with E-state index in [0.717, 1.165) is 16.7 Å². The number of nitrogens with zero attached hydrogens (tertiary/aromatic N) is 2. The lowest BCUT2D eigenvalue weighted by atomic mass is 9.81. The fourth-order valence-electron chi connectivity index (χ4n) is 4.02. The minimum atomic E-state index is -0.906. The van der Waals surface area contributed by atoms with Gasteiger partial charge in [0.1, 0.15) is 17.7 Å². The summed E-state index contributed by atoms with van der Waals surface area (Å²) in [6, 6.07) is 10.6. The standard InChI is InChI=1S/C23H23FN4O2/c1-12-8-9-16(10-13(12)2)22(29)25-20-19(15-6-5-7-17(24)11-15)18-14(3)27-28(4)21(18)26-23(20)30/h5-11,19-20H,1-4H3,(H,25,29)(H,26,30)/t19-,20+/m1/s1. The number of halogens is 1. The normalized spacial score (nSPS) is 18.0. The van der Waals surface area contributed by atoms with Crippen molar-refractivity contribution in [1.82, 2.24) is 15.1 Å². The summed E-state index contributed by atoms with van der Waals surface area (Å²) in [6.45, 7) is 5.74. The highest BCUT2D eigenvalue weighted by atomic mass is 19.1. The third-order valence-corrected chi connectivity index (χ3v) is 5.70. The quantitative estimate of drug-likeness (QED) is 0.700. The first-order valence-corrected chi connectivity index (χ1v) is 9.74. The van der Waals surface area contributed by atoms with Gasteiger partial charge in [0.2, 0.25) is 5.91 Å². The molecule has 2 heterocycles. The molecule has 0 saturated heterocycles. The maximum atomic E-state index is 14.0. The van der Waals surface area contributed by atoms with Gasteiger partial charge >= 0.3 is 0 Å². The summed E-state index contributed by atoms with van der Waals surface area (Å²) < 4.78 is 15.6. The Labute approximate surface area is 174 Å². The van der Waals surface area contributed by atoms with Crippen LogP contribution in [0.15, 0.2) is 42.5 Å². The number of aromatic nitrogens is 2. The van der Waals surface area contributed by atoms with E-state index < -0.39 is 17.8 Å². The second-order valence-electron chi connectivity index (χ2n) is 7.74. The molecule has 1 aliphatic rings. The van der Waals surface area contributed by atoms with Crippen molar-refractivity contribution in [3.05, 3.63) is 81.8 Å². The second kappa shape index (κ2) is 7.40. The zero-order valence-corrected chi connectivity index (χ0v) is 17.3. The van der Waals surface area contributed by atoms with Crippen LogP contribution in [0, 0.1) is 26.6 Å². The van der Waals surface area contributed by atoms with E-state index >= 15 is 0 Å². The number of hydrogen-bond donors (Lipinski definition) is 2. The molecule has 1 aliphatic heterocycles. The largest absolute Gasteiger partial charge is 0.339 e. The maximum absolute atomic E-state index is 14.0. The summed E-state index contributed by atoms with van der Waals surface area (Å²) in [5.41, 5.74) is 4.63. The molecule has 4 rings (SSSR count). The average molecular weight is 406 g/mol. The van der Waals surface area contributed by atoms with Crippen LogP contribution in [0.25, 0.3) is 0 Å². The van der Waals surface area contributed by atoms with Gasteiger partial charge in [-0.15, -0.1) is 0 Å². The number of carbonyl (C=O) groups is 2. The molecule has 2 N–H and O–H groups in total. The van der Waals surface area contributed by atoms with E-state index in [4.69, 9.17) is 0 Å². The topological polar surface area (TPSA) is 76.0 Å². The van der Waals surface area contributed by atoms with Crippen LogP contribution >= 0.6 is 0 Å². The molecule has 0 spiro atoms. The van der Waals surface area contributed by atoms with Crippen molar-refractivity contribution in [3.8, 4) is 0 Å². The van der Waals surface area contributed by atoms with E-state index in [1.54, 1.807) is 36.0 Å². The van der Waals surface area contributed by atoms with E-state index in [9.17, 15) is 14.0 Å². The third-order valence-electron chi connectivity index (χ3n) is 5.70. The molecule has 0 unspecified atom stereocenters. The summed E-state index contributed by atoms with van der Waals surface area (Å²) in [6.07, 6.45) is 0. The van der Waals surface area contributed by atoms with Crippen LogP contribution in [0.4, 0.5) is 10.2 Å². The fourth-order valence-corrected chi connectivity index (χ4v) is 4.02. The lowest BCUT2D eigenvalue weighted by molar-refractivity contribution is -0.118. The maximum Gasteiger partial charge on any atom is 0.251 e. The zero-order chi connectivity index (χ0) is 21.6. The molecule has 0 aliphatic carbocycles. The molecular formula is C23H23FN4O2. The Bertz CT molecular complexity index is 1170. The molecule has 3 aromatic rings. The lowest BCUT2D eigenvalue weighted by Gasteiger charge is -2.32. The molecule has 0 radical (unpaired) electrons. The van der Waals surface area contributed by atoms with Crippen molar-refractivity contribution in [2.24, 2.45) is 7.05 Å². The fraction of sp³-hybridized carbons (Fsp3) is 0.261. The highest BCUT2D eigenvalue weighted by molar-refractivity contribution is 6.04. The van der Waals surface area contributed by atoms with Crippen molar-refractivity contribution < 1.29 is 14.0 Å². The Kier molecular flexibility index (Phi) is 4.89. The van der Waals surface area contributed by atoms with Gasteiger partial charge in [-0.25, -0.2) is 4.39 Å². The van der Waals surface area contributed by atoms with Crippen molar-refractivity contribution in [2.75, 3.05) is 5.32 Å². The van der Waals surface area contributed by atoms with Gasteiger partial charge < -0.3 is 10.6 Å². The number of benzene rings is 2. The van der Waals surface area contributed by atoms with Crippen molar-refractivity contribution >= 4 is 17.6 Å². The van der Waals surface area contributed by atoms with Gasteiger partial charge in [-0.3, -0.25) is 14.3 Å². The first kappa shape index (κ1) is 19.8. The molecule has 0 bridgehead atoms. The Morgan fingerprint density at radius 1 is 1.13 bits per heavy atom. The van der Waals surface area contributed by atoms with Crippen molar-refractivity contribution in [2.45, 2.75) is 32.7 Å². The molecule has 7 heteroatoms. The molecule has 30 heavy (non-hydrogen) atoms. The Hall–Kier alpha value is -3.48. The van der Waals surface area contributed by atoms with Gasteiger partial charge in [-0.1, -0.05) is 18.2 Å². The van der Waals surface area contributed by atoms with E-state index in [1.165, 1.54) is 12.1 Å². The number of rotatable bonds is 3. The van der Waals surface area contributed by atoms with Gasteiger partial charge in [-0.2, -0.15) is 5.10 Å². The molecule has 2 aromatic carbocycles. The highest BCUT2D eigenvalue weighted by Gasteiger charge is 2.41. The van der Waals surface area contributed by atoms with Gasteiger partial charge in [-0.05, 0) is 61.7 Å². The molecule has 0 fully saturated rings. The summed E-state index contributed by atoms with van der Waals surface area (Å²) in [4.78, 5) is 26.0. The molecule has 6 nitrogen and oxygen atoms in total.